The van der Waals surface area contributed by atoms with Gasteiger partial charge in [0, 0.05) is 5.56 Å². The Hall–Kier alpha value is -3.71. The van der Waals surface area contributed by atoms with Gasteiger partial charge in [-0.25, -0.2) is 0 Å². The first-order valence-electron chi connectivity index (χ1n) is 8.81. The number of hydrogen-bond donors (Lipinski definition) is 3. The third kappa shape index (κ3) is 5.63. The van der Waals surface area contributed by atoms with Crippen molar-refractivity contribution in [3.63, 3.8) is 0 Å². The zero-order chi connectivity index (χ0) is 20.6. The van der Waals surface area contributed by atoms with E-state index in [0.29, 0.717) is 17.9 Å². The van der Waals surface area contributed by atoms with Crippen LogP contribution in [0.25, 0.3) is 0 Å². The molecule has 6 nitrogen and oxygen atoms in total. The zero-order valence-corrected chi connectivity index (χ0v) is 16.2. The monoisotopic (exact) mass is 405 g/mol. The summed E-state index contributed by atoms with van der Waals surface area (Å²) in [6.07, 6.45) is 0. The Labute approximate surface area is 173 Å². The number of thiocarbonyl (C=S) groups is 1. The third-order valence-electron chi connectivity index (χ3n) is 4.03. The molecule has 0 heterocycles. The number of rotatable bonds is 6. The summed E-state index contributed by atoms with van der Waals surface area (Å²) in [6.45, 7) is 0.399. The van der Waals surface area contributed by atoms with E-state index >= 15 is 0 Å². The van der Waals surface area contributed by atoms with Crippen LogP contribution in [-0.2, 0) is 6.61 Å². The molecule has 0 aliphatic heterocycles. The number of ether oxygens (including phenoxy) is 1. The van der Waals surface area contributed by atoms with E-state index in [9.17, 15) is 9.59 Å². The number of amides is 2. The highest BCUT2D eigenvalue weighted by Crippen LogP contribution is 2.15. The highest BCUT2D eigenvalue weighted by molar-refractivity contribution is 7.80. The lowest BCUT2D eigenvalue weighted by Gasteiger charge is -2.12. The second-order valence-corrected chi connectivity index (χ2v) is 6.52. The van der Waals surface area contributed by atoms with E-state index in [2.05, 4.69) is 10.6 Å². The van der Waals surface area contributed by atoms with Crippen molar-refractivity contribution in [2.45, 2.75) is 6.61 Å². The molecule has 0 aliphatic carbocycles. The summed E-state index contributed by atoms with van der Waals surface area (Å²) in [7, 11) is 0. The maximum Gasteiger partial charge on any atom is 0.257 e. The van der Waals surface area contributed by atoms with Gasteiger partial charge in [-0.05, 0) is 54.2 Å². The van der Waals surface area contributed by atoms with Crippen molar-refractivity contribution >= 4 is 34.8 Å². The first-order chi connectivity index (χ1) is 14.0. The van der Waals surface area contributed by atoms with Crippen LogP contribution in [0.3, 0.4) is 0 Å². The Morgan fingerprint density at radius 1 is 0.897 bits per heavy atom. The number of anilines is 1. The van der Waals surface area contributed by atoms with Gasteiger partial charge in [0.1, 0.15) is 12.4 Å². The van der Waals surface area contributed by atoms with E-state index in [-0.39, 0.29) is 16.6 Å². The maximum atomic E-state index is 12.4. The SMILES string of the molecule is NC(=O)c1ccccc1NC(=S)NC(=O)c1ccc(COc2ccccc2)cc1. The molecule has 0 bridgehead atoms. The second-order valence-electron chi connectivity index (χ2n) is 6.12. The smallest absolute Gasteiger partial charge is 0.257 e. The summed E-state index contributed by atoms with van der Waals surface area (Å²) in [5.74, 6) is -0.174. The number of hydrogen-bond acceptors (Lipinski definition) is 4. The van der Waals surface area contributed by atoms with Gasteiger partial charge in [-0.1, -0.05) is 42.5 Å². The van der Waals surface area contributed by atoms with Crippen molar-refractivity contribution in [1.29, 1.82) is 0 Å². The number of nitrogens with two attached hydrogens (primary N) is 1. The van der Waals surface area contributed by atoms with Crippen LogP contribution in [0, 0.1) is 0 Å². The standard InChI is InChI=1S/C22H19N3O3S/c23-20(26)18-8-4-5-9-19(18)24-22(29)25-21(27)16-12-10-15(11-13-16)14-28-17-6-2-1-3-7-17/h1-13H,14H2,(H2,23,26)(H2,24,25,27,29). The van der Waals surface area contributed by atoms with Gasteiger partial charge < -0.3 is 15.8 Å². The Kier molecular flexibility index (Phi) is 6.55. The number of benzene rings is 3. The van der Waals surface area contributed by atoms with E-state index in [1.807, 2.05) is 42.5 Å². The first kappa shape index (κ1) is 20.0. The molecule has 0 saturated heterocycles. The highest BCUT2D eigenvalue weighted by Gasteiger charge is 2.11. The predicted octanol–water partition coefficient (Wildman–Crippen LogP) is 3.49. The van der Waals surface area contributed by atoms with Gasteiger partial charge in [-0.3, -0.25) is 14.9 Å². The summed E-state index contributed by atoms with van der Waals surface area (Å²) in [6, 6.07) is 23.2. The van der Waals surface area contributed by atoms with Gasteiger partial charge in [-0.15, -0.1) is 0 Å². The molecule has 0 radical (unpaired) electrons. The topological polar surface area (TPSA) is 93.5 Å². The lowest BCUT2D eigenvalue weighted by Crippen LogP contribution is -2.34. The Morgan fingerprint density at radius 3 is 2.24 bits per heavy atom. The number of carbonyl (C=O) groups excluding carboxylic acids is 2. The molecule has 3 rings (SSSR count). The number of nitrogens with one attached hydrogen (secondary N) is 2. The summed E-state index contributed by atoms with van der Waals surface area (Å²) in [5, 5.41) is 5.48. The molecule has 0 fully saturated rings. The van der Waals surface area contributed by atoms with Crippen molar-refractivity contribution in [2.75, 3.05) is 5.32 Å². The minimum atomic E-state index is -0.587. The van der Waals surface area contributed by atoms with Crippen molar-refractivity contribution in [1.82, 2.24) is 5.32 Å². The molecule has 7 heteroatoms. The van der Waals surface area contributed by atoms with Gasteiger partial charge in [0.25, 0.3) is 11.8 Å². The van der Waals surface area contributed by atoms with Gasteiger partial charge in [0.2, 0.25) is 0 Å². The minimum Gasteiger partial charge on any atom is -0.489 e. The number of carbonyl (C=O) groups is 2. The fraction of sp³-hybridized carbons (Fsp3) is 0.0455. The molecule has 0 saturated carbocycles. The molecular weight excluding hydrogens is 386 g/mol. The lowest BCUT2D eigenvalue weighted by atomic mass is 10.1. The van der Waals surface area contributed by atoms with Gasteiger partial charge >= 0.3 is 0 Å². The largest absolute Gasteiger partial charge is 0.489 e. The average molecular weight is 405 g/mol. The molecule has 0 unspecified atom stereocenters. The van der Waals surface area contributed by atoms with E-state index in [1.165, 1.54) is 0 Å². The summed E-state index contributed by atoms with van der Waals surface area (Å²) >= 11 is 5.16. The quantitative estimate of drug-likeness (QED) is 0.546. The van der Waals surface area contributed by atoms with Crippen LogP contribution in [-0.4, -0.2) is 16.9 Å². The maximum absolute atomic E-state index is 12.4. The van der Waals surface area contributed by atoms with Crippen LogP contribution in [0.2, 0.25) is 0 Å². The van der Waals surface area contributed by atoms with Crippen LogP contribution in [0.5, 0.6) is 5.75 Å². The molecule has 3 aromatic carbocycles. The minimum absolute atomic E-state index is 0.0696. The van der Waals surface area contributed by atoms with Crippen LogP contribution < -0.4 is 21.1 Å². The molecular formula is C22H19N3O3S. The molecule has 2 amide bonds. The van der Waals surface area contributed by atoms with Crippen molar-refractivity contribution < 1.29 is 14.3 Å². The lowest BCUT2D eigenvalue weighted by molar-refractivity contribution is 0.0975. The Balaban J connectivity index is 1.56. The van der Waals surface area contributed by atoms with Gasteiger partial charge in [0.05, 0.1) is 11.3 Å². The summed E-state index contributed by atoms with van der Waals surface area (Å²) in [4.78, 5) is 23.9. The van der Waals surface area contributed by atoms with Gasteiger partial charge in [-0.2, -0.15) is 0 Å². The molecule has 0 aromatic heterocycles. The zero-order valence-electron chi connectivity index (χ0n) is 15.4. The molecule has 0 atom stereocenters. The normalized spacial score (nSPS) is 10.1. The van der Waals surface area contributed by atoms with Crippen LogP contribution in [0.15, 0.2) is 78.9 Å². The van der Waals surface area contributed by atoms with Crippen molar-refractivity contribution in [3.05, 3.63) is 95.6 Å². The fourth-order valence-corrected chi connectivity index (χ4v) is 2.77. The summed E-state index contributed by atoms with van der Waals surface area (Å²) < 4.78 is 5.68. The fourth-order valence-electron chi connectivity index (χ4n) is 2.57. The molecule has 146 valence electrons. The molecule has 29 heavy (non-hydrogen) atoms. The third-order valence-corrected chi connectivity index (χ3v) is 4.24. The van der Waals surface area contributed by atoms with Crippen LogP contribution in [0.1, 0.15) is 26.3 Å². The van der Waals surface area contributed by atoms with E-state index in [4.69, 9.17) is 22.7 Å². The van der Waals surface area contributed by atoms with Crippen molar-refractivity contribution in [2.24, 2.45) is 5.73 Å². The van der Waals surface area contributed by atoms with E-state index < -0.39 is 5.91 Å². The Morgan fingerprint density at radius 2 is 1.55 bits per heavy atom. The van der Waals surface area contributed by atoms with Crippen LogP contribution >= 0.6 is 12.2 Å². The number of primary amides is 1. The molecule has 0 spiro atoms. The number of para-hydroxylation sites is 2. The van der Waals surface area contributed by atoms with Gasteiger partial charge in [0.15, 0.2) is 5.11 Å². The van der Waals surface area contributed by atoms with E-state index in [0.717, 1.165) is 11.3 Å². The molecule has 4 N–H and O–H groups in total. The Bertz CT molecular complexity index is 1020. The highest BCUT2D eigenvalue weighted by atomic mass is 32.1. The summed E-state index contributed by atoms with van der Waals surface area (Å²) in [5.41, 5.74) is 7.43. The van der Waals surface area contributed by atoms with Crippen LogP contribution in [0.4, 0.5) is 5.69 Å². The average Bonchev–Trinajstić information content (AvgIpc) is 2.73. The molecule has 3 aromatic rings. The predicted molar refractivity (Wildman–Crippen MR) is 116 cm³/mol. The second kappa shape index (κ2) is 9.48. The first-order valence-corrected chi connectivity index (χ1v) is 9.22. The molecule has 0 aliphatic rings. The van der Waals surface area contributed by atoms with Crippen molar-refractivity contribution in [3.8, 4) is 5.75 Å². The van der Waals surface area contributed by atoms with E-state index in [1.54, 1.807) is 36.4 Å².